The van der Waals surface area contributed by atoms with E-state index in [1.807, 2.05) is 6.92 Å². The lowest BCUT2D eigenvalue weighted by Gasteiger charge is -2.38. The smallest absolute Gasteiger partial charge is 0.335 e. The second kappa shape index (κ2) is 5.76. The minimum Gasteiger partial charge on any atom is -0.479 e. The summed E-state index contributed by atoms with van der Waals surface area (Å²) in [4.78, 5) is 10.9. The van der Waals surface area contributed by atoms with Gasteiger partial charge in [0.25, 0.3) is 0 Å². The van der Waals surface area contributed by atoms with Crippen LogP contribution >= 0.6 is 0 Å². The molecule has 0 spiro atoms. The average Bonchev–Trinajstić information content (AvgIpc) is 2.41. The highest BCUT2D eigenvalue weighted by molar-refractivity contribution is 5.73. The number of benzene rings is 1. The average molecular weight is 284 g/mol. The van der Waals surface area contributed by atoms with Gasteiger partial charge in [0.1, 0.15) is 24.1 Å². The highest BCUT2D eigenvalue weighted by Gasteiger charge is 2.48. The van der Waals surface area contributed by atoms with E-state index in [0.29, 0.717) is 5.75 Å². The molecule has 0 unspecified atom stereocenters. The van der Waals surface area contributed by atoms with E-state index in [4.69, 9.17) is 14.6 Å². The zero-order valence-corrected chi connectivity index (χ0v) is 10.7. The number of hydrogen-bond acceptors (Lipinski definition) is 6. The molecule has 7 heteroatoms. The third kappa shape index (κ3) is 2.91. The molecule has 0 aliphatic carbocycles. The molecule has 0 aromatic heterocycles. The molecule has 0 amide bonds. The van der Waals surface area contributed by atoms with Gasteiger partial charge in [-0.05, 0) is 19.1 Å². The summed E-state index contributed by atoms with van der Waals surface area (Å²) in [5.41, 5.74) is 1.00. The highest BCUT2D eigenvalue weighted by atomic mass is 16.7. The van der Waals surface area contributed by atoms with E-state index in [1.165, 1.54) is 0 Å². The van der Waals surface area contributed by atoms with Gasteiger partial charge in [-0.2, -0.15) is 0 Å². The number of hydrogen-bond donors (Lipinski definition) is 4. The molecule has 0 bridgehead atoms. The number of aliphatic hydroxyl groups excluding tert-OH is 3. The van der Waals surface area contributed by atoms with E-state index in [9.17, 15) is 20.1 Å². The van der Waals surface area contributed by atoms with Crippen molar-refractivity contribution >= 4 is 5.97 Å². The lowest BCUT2D eigenvalue weighted by atomic mass is 9.99. The first-order valence-corrected chi connectivity index (χ1v) is 6.06. The van der Waals surface area contributed by atoms with Gasteiger partial charge in [0.05, 0.1) is 0 Å². The first-order valence-electron chi connectivity index (χ1n) is 6.06. The van der Waals surface area contributed by atoms with Crippen LogP contribution in [0.2, 0.25) is 0 Å². The molecule has 4 N–H and O–H groups in total. The standard InChI is InChI=1S/C13H16O7/c1-6-2-4-7(5-3-6)19-13-10(16)8(14)9(15)11(20-13)12(17)18/h2-5,8-11,13-16H,1H3,(H,17,18)/t8-,9-,10+,11-,13+/m0/s1. The van der Waals surface area contributed by atoms with Gasteiger partial charge < -0.3 is 29.9 Å². The van der Waals surface area contributed by atoms with Crippen LogP contribution in [0.1, 0.15) is 5.56 Å². The van der Waals surface area contributed by atoms with Crippen molar-refractivity contribution in [1.29, 1.82) is 0 Å². The summed E-state index contributed by atoms with van der Waals surface area (Å²) in [6.45, 7) is 1.89. The predicted molar refractivity (Wildman–Crippen MR) is 66.1 cm³/mol. The fraction of sp³-hybridized carbons (Fsp3) is 0.462. The highest BCUT2D eigenvalue weighted by Crippen LogP contribution is 2.24. The van der Waals surface area contributed by atoms with Crippen LogP contribution in [0.3, 0.4) is 0 Å². The Morgan fingerprint density at radius 3 is 2.25 bits per heavy atom. The van der Waals surface area contributed by atoms with Crippen molar-refractivity contribution in [3.05, 3.63) is 29.8 Å². The van der Waals surface area contributed by atoms with E-state index >= 15 is 0 Å². The van der Waals surface area contributed by atoms with Crippen LogP contribution in [0.5, 0.6) is 5.75 Å². The van der Waals surface area contributed by atoms with Crippen molar-refractivity contribution in [3.63, 3.8) is 0 Å². The Morgan fingerprint density at radius 2 is 1.70 bits per heavy atom. The topological polar surface area (TPSA) is 116 Å². The van der Waals surface area contributed by atoms with Gasteiger partial charge in [0, 0.05) is 0 Å². The number of rotatable bonds is 3. The quantitative estimate of drug-likeness (QED) is 0.578. The van der Waals surface area contributed by atoms with Crippen molar-refractivity contribution in [2.75, 3.05) is 0 Å². The Morgan fingerprint density at radius 1 is 1.10 bits per heavy atom. The molecule has 0 radical (unpaired) electrons. The van der Waals surface area contributed by atoms with Crippen molar-refractivity contribution in [2.45, 2.75) is 37.6 Å². The second-order valence-electron chi connectivity index (χ2n) is 4.67. The molecule has 1 heterocycles. The Balaban J connectivity index is 2.13. The zero-order chi connectivity index (χ0) is 14.9. The molecule has 1 aliphatic rings. The van der Waals surface area contributed by atoms with Crippen molar-refractivity contribution in [1.82, 2.24) is 0 Å². The molecule has 0 saturated carbocycles. The van der Waals surface area contributed by atoms with E-state index in [-0.39, 0.29) is 0 Å². The second-order valence-corrected chi connectivity index (χ2v) is 4.67. The third-order valence-corrected chi connectivity index (χ3v) is 3.09. The number of aliphatic hydroxyl groups is 3. The predicted octanol–water partition coefficient (Wildman–Crippen LogP) is -0.734. The molecule has 1 aromatic carbocycles. The third-order valence-electron chi connectivity index (χ3n) is 3.09. The zero-order valence-electron chi connectivity index (χ0n) is 10.7. The maximum absolute atomic E-state index is 10.9. The summed E-state index contributed by atoms with van der Waals surface area (Å²) in [5.74, 6) is -1.09. The minimum absolute atomic E-state index is 0.354. The van der Waals surface area contributed by atoms with E-state index in [1.54, 1.807) is 24.3 Å². The lowest BCUT2D eigenvalue weighted by molar-refractivity contribution is -0.271. The molecular weight excluding hydrogens is 268 g/mol. The summed E-state index contributed by atoms with van der Waals surface area (Å²) < 4.78 is 10.3. The molecular formula is C13H16O7. The van der Waals surface area contributed by atoms with Gasteiger partial charge in [0.15, 0.2) is 6.10 Å². The van der Waals surface area contributed by atoms with E-state index in [2.05, 4.69) is 0 Å². The van der Waals surface area contributed by atoms with Gasteiger partial charge in [0.2, 0.25) is 6.29 Å². The van der Waals surface area contributed by atoms with E-state index in [0.717, 1.165) is 5.56 Å². The Kier molecular flexibility index (Phi) is 4.24. The van der Waals surface area contributed by atoms with Crippen LogP contribution in [0.15, 0.2) is 24.3 Å². The molecule has 20 heavy (non-hydrogen) atoms. The van der Waals surface area contributed by atoms with Gasteiger partial charge >= 0.3 is 5.97 Å². The Labute approximate surface area is 115 Å². The molecule has 7 nitrogen and oxygen atoms in total. The van der Waals surface area contributed by atoms with Crippen LogP contribution < -0.4 is 4.74 Å². The van der Waals surface area contributed by atoms with Gasteiger partial charge in [-0.1, -0.05) is 17.7 Å². The Hall–Kier alpha value is -1.67. The molecule has 1 aromatic rings. The first-order chi connectivity index (χ1) is 9.40. The molecule has 2 rings (SSSR count). The van der Waals surface area contributed by atoms with Crippen LogP contribution in [-0.4, -0.2) is 57.1 Å². The van der Waals surface area contributed by atoms with Crippen molar-refractivity contribution in [2.24, 2.45) is 0 Å². The molecule has 110 valence electrons. The van der Waals surface area contributed by atoms with Crippen LogP contribution in [0.25, 0.3) is 0 Å². The van der Waals surface area contributed by atoms with Gasteiger partial charge in [-0.15, -0.1) is 0 Å². The monoisotopic (exact) mass is 284 g/mol. The summed E-state index contributed by atoms with van der Waals surface area (Å²) in [5, 5.41) is 37.8. The maximum Gasteiger partial charge on any atom is 0.335 e. The maximum atomic E-state index is 10.9. The number of carboxylic acid groups (broad SMARTS) is 1. The minimum atomic E-state index is -1.72. The number of aliphatic carboxylic acids is 1. The van der Waals surface area contributed by atoms with Crippen LogP contribution in [0, 0.1) is 6.92 Å². The van der Waals surface area contributed by atoms with Crippen LogP contribution in [-0.2, 0) is 9.53 Å². The summed E-state index contributed by atoms with van der Waals surface area (Å²) in [6, 6.07) is 6.78. The lowest BCUT2D eigenvalue weighted by Crippen LogP contribution is -2.61. The van der Waals surface area contributed by atoms with Crippen molar-refractivity contribution < 1.29 is 34.7 Å². The molecule has 5 atom stereocenters. The van der Waals surface area contributed by atoms with Crippen molar-refractivity contribution in [3.8, 4) is 5.75 Å². The summed E-state index contributed by atoms with van der Waals surface area (Å²) in [7, 11) is 0. The number of carboxylic acids is 1. The molecule has 1 aliphatic heterocycles. The fourth-order valence-corrected chi connectivity index (χ4v) is 1.90. The number of ether oxygens (including phenoxy) is 2. The van der Waals surface area contributed by atoms with Crippen LogP contribution in [0.4, 0.5) is 0 Å². The largest absolute Gasteiger partial charge is 0.479 e. The van der Waals surface area contributed by atoms with E-state index < -0.39 is 36.7 Å². The first kappa shape index (κ1) is 14.7. The normalized spacial score (nSPS) is 33.7. The fourth-order valence-electron chi connectivity index (χ4n) is 1.90. The number of carbonyl (C=O) groups is 1. The Bertz CT molecular complexity index is 472. The summed E-state index contributed by atoms with van der Waals surface area (Å²) >= 11 is 0. The van der Waals surface area contributed by atoms with Gasteiger partial charge in [-0.25, -0.2) is 4.79 Å². The SMILES string of the molecule is Cc1ccc(O[C@@H]2O[C@H](C(=O)O)[C@@H](O)[C@H](O)[C@H]2O)cc1. The van der Waals surface area contributed by atoms with Gasteiger partial charge in [-0.3, -0.25) is 0 Å². The molecule has 1 saturated heterocycles. The number of aryl methyl sites for hydroxylation is 1. The summed E-state index contributed by atoms with van der Waals surface area (Å²) in [6.07, 6.45) is -7.98. The molecule has 1 fully saturated rings.